The van der Waals surface area contributed by atoms with E-state index in [1.165, 1.54) is 10.4 Å². The van der Waals surface area contributed by atoms with Crippen molar-refractivity contribution in [1.82, 2.24) is 0 Å². The Morgan fingerprint density at radius 3 is 1.53 bits per heavy atom. The monoisotopic (exact) mass is 618 g/mol. The predicted octanol–water partition coefficient (Wildman–Crippen LogP) is 7.87. The van der Waals surface area contributed by atoms with E-state index in [0.29, 0.717) is 12.2 Å². The second-order valence-electron chi connectivity index (χ2n) is 14.6. The molecule has 0 aliphatic rings. The maximum Gasteiger partial charge on any atom is 0.261 e. The van der Waals surface area contributed by atoms with Crippen LogP contribution in [0.15, 0.2) is 103 Å². The highest BCUT2D eigenvalue weighted by atomic mass is 28.4. The van der Waals surface area contributed by atoms with Gasteiger partial charge in [-0.3, -0.25) is 0 Å². The number of hydrogen-bond acceptors (Lipinski definition) is 4. The number of hydrogen-bond donors (Lipinski definition) is 1. The quantitative estimate of drug-likeness (QED) is 0.156. The van der Waals surface area contributed by atoms with Crippen molar-refractivity contribution in [2.45, 2.75) is 96.4 Å². The Bertz CT molecular complexity index is 1270. The van der Waals surface area contributed by atoms with Crippen LogP contribution in [0, 0.1) is 0 Å². The van der Waals surface area contributed by atoms with E-state index in [1.807, 2.05) is 56.3 Å². The summed E-state index contributed by atoms with van der Waals surface area (Å²) in [5.41, 5.74) is -0.985. The van der Waals surface area contributed by atoms with Crippen LogP contribution in [-0.4, -0.2) is 46.2 Å². The molecular formula is C37H54O4Si2. The van der Waals surface area contributed by atoms with Crippen molar-refractivity contribution in [1.29, 1.82) is 0 Å². The summed E-state index contributed by atoms with van der Waals surface area (Å²) in [5, 5.41) is 14.4. The molecule has 43 heavy (non-hydrogen) atoms. The van der Waals surface area contributed by atoms with Gasteiger partial charge in [-0.15, -0.1) is 0 Å². The fourth-order valence-electron chi connectivity index (χ4n) is 5.41. The summed E-state index contributed by atoms with van der Waals surface area (Å²) in [6.45, 7) is 26.5. The minimum atomic E-state index is -2.96. The zero-order valence-electron chi connectivity index (χ0n) is 28.2. The van der Waals surface area contributed by atoms with Crippen LogP contribution < -0.4 is 10.4 Å². The molecule has 4 nitrogen and oxygen atoms in total. The summed E-state index contributed by atoms with van der Waals surface area (Å²) in [5.74, 6) is 0. The van der Waals surface area contributed by atoms with Gasteiger partial charge in [-0.2, -0.15) is 0 Å². The Labute approximate surface area is 263 Å². The van der Waals surface area contributed by atoms with Gasteiger partial charge >= 0.3 is 0 Å². The van der Waals surface area contributed by atoms with Crippen molar-refractivity contribution in [2.24, 2.45) is 0 Å². The molecule has 0 bridgehead atoms. The van der Waals surface area contributed by atoms with Gasteiger partial charge in [0.1, 0.15) is 11.2 Å². The Kier molecular flexibility index (Phi) is 10.9. The molecule has 3 rings (SSSR count). The predicted molar refractivity (Wildman–Crippen MR) is 186 cm³/mol. The molecule has 0 heterocycles. The lowest BCUT2D eigenvalue weighted by atomic mass is 9.80. The summed E-state index contributed by atoms with van der Waals surface area (Å²) in [7, 11) is -5.43. The molecule has 3 aromatic rings. The number of rotatable bonds is 13. The first-order valence-corrected chi connectivity index (χ1v) is 20.2. The van der Waals surface area contributed by atoms with E-state index in [1.54, 1.807) is 0 Å². The standard InChI is InChI=1S/C37H54O4Si2/c1-30(2)36(9,38)37(41-42(10,11)34(3,4)5,28-39-27-31-21-15-12-16-22-31)29-40-43(35(6,7)8,32-23-17-13-18-24-32)33-25-19-14-20-26-33/h12-26,38H,1,27-29H2,2-11H3/t36?,37-/m0/s1. The van der Waals surface area contributed by atoms with Gasteiger partial charge in [0, 0.05) is 0 Å². The average molecular weight is 619 g/mol. The van der Waals surface area contributed by atoms with Crippen molar-refractivity contribution < 1.29 is 18.7 Å². The first-order chi connectivity index (χ1) is 19.9. The third kappa shape index (κ3) is 7.50. The summed E-state index contributed by atoms with van der Waals surface area (Å²) >= 11 is 0. The fourth-order valence-corrected chi connectivity index (χ4v) is 11.6. The van der Waals surface area contributed by atoms with Crippen LogP contribution in [0.5, 0.6) is 0 Å². The van der Waals surface area contributed by atoms with Crippen LogP contribution in [0.4, 0.5) is 0 Å². The first kappa shape index (κ1) is 35.2. The number of ether oxygens (including phenoxy) is 1. The van der Waals surface area contributed by atoms with Crippen molar-refractivity contribution in [3.63, 3.8) is 0 Å². The molecule has 1 unspecified atom stereocenters. The topological polar surface area (TPSA) is 47.9 Å². The van der Waals surface area contributed by atoms with E-state index in [4.69, 9.17) is 13.6 Å². The molecule has 1 N–H and O–H groups in total. The number of benzene rings is 3. The molecule has 6 heteroatoms. The van der Waals surface area contributed by atoms with E-state index < -0.39 is 27.8 Å². The highest BCUT2D eigenvalue weighted by molar-refractivity contribution is 6.99. The van der Waals surface area contributed by atoms with Gasteiger partial charge in [0.05, 0.1) is 19.8 Å². The molecule has 2 atom stereocenters. The molecule has 0 fully saturated rings. The van der Waals surface area contributed by atoms with Crippen LogP contribution >= 0.6 is 0 Å². The van der Waals surface area contributed by atoms with Crippen LogP contribution in [-0.2, 0) is 20.2 Å². The largest absolute Gasteiger partial charge is 0.404 e. The van der Waals surface area contributed by atoms with Gasteiger partial charge in [-0.1, -0.05) is 139 Å². The average Bonchev–Trinajstić information content (AvgIpc) is 2.93. The van der Waals surface area contributed by atoms with E-state index in [-0.39, 0.29) is 23.3 Å². The van der Waals surface area contributed by atoms with Crippen molar-refractivity contribution >= 4 is 27.0 Å². The molecule has 0 spiro atoms. The van der Waals surface area contributed by atoms with E-state index >= 15 is 0 Å². The van der Waals surface area contributed by atoms with Crippen LogP contribution in [0.3, 0.4) is 0 Å². The van der Waals surface area contributed by atoms with Crippen LogP contribution in [0.1, 0.15) is 61.0 Å². The Hall–Kier alpha value is -2.33. The molecule has 3 aromatic carbocycles. The molecule has 0 saturated heterocycles. The molecule has 0 aliphatic carbocycles. The zero-order chi connectivity index (χ0) is 32.2. The minimum absolute atomic E-state index is 0.111. The summed E-state index contributed by atoms with van der Waals surface area (Å²) in [4.78, 5) is 0. The maximum atomic E-state index is 12.4. The summed E-state index contributed by atoms with van der Waals surface area (Å²) in [6, 6.07) is 31.3. The molecule has 0 amide bonds. The molecule has 0 radical (unpaired) electrons. The van der Waals surface area contributed by atoms with E-state index in [0.717, 1.165) is 5.56 Å². The SMILES string of the molecule is C=C(C)C(C)(O)[C@](COCc1ccccc1)(CO[Si](c1ccccc1)(c1ccccc1)C(C)(C)C)O[Si](C)(C)C(C)(C)C. The lowest BCUT2D eigenvalue weighted by molar-refractivity contribution is -0.165. The lowest BCUT2D eigenvalue weighted by Crippen LogP contribution is -2.71. The van der Waals surface area contributed by atoms with Crippen molar-refractivity contribution in [2.75, 3.05) is 13.2 Å². The molecule has 0 saturated carbocycles. The van der Waals surface area contributed by atoms with Gasteiger partial charge in [0.25, 0.3) is 8.32 Å². The zero-order valence-corrected chi connectivity index (χ0v) is 30.2. The van der Waals surface area contributed by atoms with E-state index in [9.17, 15) is 5.11 Å². The van der Waals surface area contributed by atoms with Crippen LogP contribution in [0.25, 0.3) is 0 Å². The van der Waals surface area contributed by atoms with E-state index in [2.05, 4.69) is 110 Å². The van der Waals surface area contributed by atoms with Gasteiger partial charge < -0.3 is 18.7 Å². The highest BCUT2D eigenvalue weighted by Crippen LogP contribution is 2.45. The van der Waals surface area contributed by atoms with Gasteiger partial charge in [0.15, 0.2) is 8.32 Å². The molecule has 0 aromatic heterocycles. The summed E-state index contributed by atoms with van der Waals surface area (Å²) < 4.78 is 21.3. The Balaban J connectivity index is 2.23. The molecule has 234 valence electrons. The maximum absolute atomic E-state index is 12.4. The molecule has 0 aliphatic heterocycles. The van der Waals surface area contributed by atoms with Crippen molar-refractivity contribution in [3.05, 3.63) is 109 Å². The Morgan fingerprint density at radius 1 is 0.698 bits per heavy atom. The second kappa shape index (κ2) is 13.3. The first-order valence-electron chi connectivity index (χ1n) is 15.3. The third-order valence-corrected chi connectivity index (χ3v) is 18.9. The smallest absolute Gasteiger partial charge is 0.261 e. The fraction of sp³-hybridized carbons (Fsp3) is 0.459. The third-order valence-electron chi connectivity index (χ3n) is 9.36. The Morgan fingerprint density at radius 2 is 1.14 bits per heavy atom. The molecular weight excluding hydrogens is 565 g/mol. The van der Waals surface area contributed by atoms with Gasteiger partial charge in [-0.05, 0) is 58.5 Å². The normalized spacial score (nSPS) is 15.9. The summed E-state index contributed by atoms with van der Waals surface area (Å²) in [6.07, 6.45) is 0. The lowest BCUT2D eigenvalue weighted by Gasteiger charge is -2.53. The number of aliphatic hydroxyl groups is 1. The minimum Gasteiger partial charge on any atom is -0.404 e. The van der Waals surface area contributed by atoms with Crippen LogP contribution in [0.2, 0.25) is 23.2 Å². The van der Waals surface area contributed by atoms with Gasteiger partial charge in [0.2, 0.25) is 0 Å². The highest BCUT2D eigenvalue weighted by Gasteiger charge is 2.58. The second-order valence-corrected chi connectivity index (χ2v) is 23.7. The van der Waals surface area contributed by atoms with Gasteiger partial charge in [-0.25, -0.2) is 0 Å². The van der Waals surface area contributed by atoms with Crippen molar-refractivity contribution in [3.8, 4) is 0 Å².